The van der Waals surface area contributed by atoms with Gasteiger partial charge in [0.05, 0.1) is 12.4 Å². The van der Waals surface area contributed by atoms with Crippen LogP contribution in [0.15, 0.2) is 30.7 Å². The first-order valence-corrected chi connectivity index (χ1v) is 5.55. The summed E-state index contributed by atoms with van der Waals surface area (Å²) >= 11 is 0. The van der Waals surface area contributed by atoms with Gasteiger partial charge in [-0.05, 0) is 19.9 Å². The molecule has 1 N–H and O–H groups in total. The van der Waals surface area contributed by atoms with E-state index < -0.39 is 0 Å². The summed E-state index contributed by atoms with van der Waals surface area (Å²) in [6.45, 7) is 4.14. The van der Waals surface area contributed by atoms with Gasteiger partial charge in [-0.2, -0.15) is 5.10 Å². The summed E-state index contributed by atoms with van der Waals surface area (Å²) in [5, 5.41) is 7.18. The van der Waals surface area contributed by atoms with Gasteiger partial charge in [0.2, 0.25) is 0 Å². The molecule has 0 aliphatic heterocycles. The molecule has 0 bridgehead atoms. The maximum Gasteiger partial charge on any atom is 0.165 e. The van der Waals surface area contributed by atoms with Crippen molar-refractivity contribution in [1.82, 2.24) is 14.8 Å². The monoisotopic (exact) mass is 232 g/mol. The van der Waals surface area contributed by atoms with Gasteiger partial charge in [-0.3, -0.25) is 4.68 Å². The second-order valence-electron chi connectivity index (χ2n) is 3.98. The molecule has 0 aliphatic rings. The van der Waals surface area contributed by atoms with Crippen LogP contribution in [-0.4, -0.2) is 21.8 Å². The molecule has 17 heavy (non-hydrogen) atoms. The predicted molar refractivity (Wildman–Crippen MR) is 66.5 cm³/mol. The number of aromatic nitrogens is 3. The Bertz CT molecular complexity index is 493. The van der Waals surface area contributed by atoms with Gasteiger partial charge in [-0.25, -0.2) is 4.98 Å². The van der Waals surface area contributed by atoms with Gasteiger partial charge in [0.1, 0.15) is 11.6 Å². The van der Waals surface area contributed by atoms with Crippen molar-refractivity contribution in [3.63, 3.8) is 0 Å². The number of hydrogen-bond donors (Lipinski definition) is 1. The number of rotatable bonds is 4. The van der Waals surface area contributed by atoms with Crippen molar-refractivity contribution in [2.75, 3.05) is 12.4 Å². The van der Waals surface area contributed by atoms with E-state index in [9.17, 15) is 0 Å². The van der Waals surface area contributed by atoms with E-state index in [0.717, 1.165) is 17.3 Å². The molecule has 0 aliphatic carbocycles. The average molecular weight is 232 g/mol. The third-order valence-corrected chi connectivity index (χ3v) is 2.33. The van der Waals surface area contributed by atoms with E-state index in [0.29, 0.717) is 6.04 Å². The van der Waals surface area contributed by atoms with Crippen LogP contribution in [0, 0.1) is 0 Å². The molecule has 0 saturated carbocycles. The summed E-state index contributed by atoms with van der Waals surface area (Å²) in [6, 6.07) is 3.98. The number of hydrogen-bond acceptors (Lipinski definition) is 4. The summed E-state index contributed by atoms with van der Waals surface area (Å²) in [5.41, 5.74) is 0. The first kappa shape index (κ1) is 11.4. The molecule has 0 amide bonds. The molecule has 90 valence electrons. The van der Waals surface area contributed by atoms with Gasteiger partial charge in [0, 0.05) is 25.4 Å². The number of pyridine rings is 1. The molecule has 0 spiro atoms. The molecular weight excluding hydrogens is 216 g/mol. The minimum atomic E-state index is 0.331. The predicted octanol–water partition coefficient (Wildman–Crippen LogP) is 2.69. The molecule has 5 nitrogen and oxygen atoms in total. The Kier molecular flexibility index (Phi) is 3.27. The third kappa shape index (κ3) is 2.75. The molecule has 5 heteroatoms. The van der Waals surface area contributed by atoms with Gasteiger partial charge in [0.25, 0.3) is 0 Å². The highest BCUT2D eigenvalue weighted by Crippen LogP contribution is 2.22. The van der Waals surface area contributed by atoms with Gasteiger partial charge in [0.15, 0.2) is 5.75 Å². The van der Waals surface area contributed by atoms with E-state index >= 15 is 0 Å². The zero-order chi connectivity index (χ0) is 12.3. The van der Waals surface area contributed by atoms with Crippen LogP contribution in [0.1, 0.15) is 19.9 Å². The maximum absolute atomic E-state index is 5.69. The summed E-state index contributed by atoms with van der Waals surface area (Å²) < 4.78 is 7.54. The van der Waals surface area contributed by atoms with Crippen molar-refractivity contribution < 1.29 is 4.74 Å². The SMILES string of the molecule is CNc1cc(Oc2cnn(C(C)C)c2)ccn1. The molecule has 2 aromatic heterocycles. The van der Waals surface area contributed by atoms with Crippen molar-refractivity contribution in [2.45, 2.75) is 19.9 Å². The lowest BCUT2D eigenvalue weighted by molar-refractivity contribution is 0.476. The Morgan fingerprint density at radius 3 is 2.82 bits per heavy atom. The Hall–Kier alpha value is -2.04. The minimum Gasteiger partial charge on any atom is -0.454 e. The number of nitrogens with zero attached hydrogens (tertiary/aromatic N) is 3. The molecule has 0 radical (unpaired) electrons. The van der Waals surface area contributed by atoms with Crippen molar-refractivity contribution in [2.24, 2.45) is 0 Å². The van der Waals surface area contributed by atoms with E-state index in [4.69, 9.17) is 4.74 Å². The van der Waals surface area contributed by atoms with Crippen molar-refractivity contribution >= 4 is 5.82 Å². The van der Waals surface area contributed by atoms with E-state index in [1.54, 1.807) is 12.4 Å². The van der Waals surface area contributed by atoms with Crippen LogP contribution in [0.2, 0.25) is 0 Å². The van der Waals surface area contributed by atoms with Gasteiger partial charge in [-0.15, -0.1) is 0 Å². The van der Waals surface area contributed by atoms with Crippen LogP contribution in [0.5, 0.6) is 11.5 Å². The lowest BCUT2D eigenvalue weighted by Crippen LogP contribution is -1.99. The van der Waals surface area contributed by atoms with Crippen molar-refractivity contribution in [3.05, 3.63) is 30.7 Å². The molecular formula is C12H16N4O. The molecule has 0 unspecified atom stereocenters. The fourth-order valence-electron chi connectivity index (χ4n) is 1.40. The third-order valence-electron chi connectivity index (χ3n) is 2.33. The van der Waals surface area contributed by atoms with Crippen LogP contribution in [0.4, 0.5) is 5.82 Å². The van der Waals surface area contributed by atoms with Crippen LogP contribution < -0.4 is 10.1 Å². The second kappa shape index (κ2) is 4.86. The lowest BCUT2D eigenvalue weighted by atomic mass is 10.4. The zero-order valence-electron chi connectivity index (χ0n) is 10.2. The van der Waals surface area contributed by atoms with E-state index in [-0.39, 0.29) is 0 Å². The molecule has 2 rings (SSSR count). The Labute approximate surface area is 100 Å². The van der Waals surface area contributed by atoms with Gasteiger partial charge < -0.3 is 10.1 Å². The highest BCUT2D eigenvalue weighted by Gasteiger charge is 2.04. The second-order valence-corrected chi connectivity index (χ2v) is 3.98. The van der Waals surface area contributed by atoms with Crippen LogP contribution in [0.25, 0.3) is 0 Å². The summed E-state index contributed by atoms with van der Waals surface area (Å²) in [4.78, 5) is 4.12. The normalized spacial score (nSPS) is 10.6. The molecule has 0 fully saturated rings. The fourth-order valence-corrected chi connectivity index (χ4v) is 1.40. The van der Waals surface area contributed by atoms with E-state index in [1.807, 2.05) is 30.1 Å². The Morgan fingerprint density at radius 1 is 1.35 bits per heavy atom. The summed E-state index contributed by atoms with van der Waals surface area (Å²) in [5.74, 6) is 2.25. The van der Waals surface area contributed by atoms with Crippen LogP contribution in [-0.2, 0) is 0 Å². The highest BCUT2D eigenvalue weighted by molar-refractivity contribution is 5.41. The smallest absolute Gasteiger partial charge is 0.165 e. The number of anilines is 1. The topological polar surface area (TPSA) is 52.0 Å². The standard InChI is InChI=1S/C12H16N4O/c1-9(2)16-8-11(7-15-16)17-10-4-5-14-12(6-10)13-3/h4-9H,1-3H3,(H,13,14). The lowest BCUT2D eigenvalue weighted by Gasteiger charge is -2.05. The van der Waals surface area contributed by atoms with E-state index in [1.165, 1.54) is 0 Å². The largest absolute Gasteiger partial charge is 0.454 e. The number of nitrogens with one attached hydrogen (secondary N) is 1. The number of ether oxygens (including phenoxy) is 1. The first-order chi connectivity index (χ1) is 8.19. The first-order valence-electron chi connectivity index (χ1n) is 5.55. The summed E-state index contributed by atoms with van der Waals surface area (Å²) in [6.07, 6.45) is 5.29. The van der Waals surface area contributed by atoms with Gasteiger partial charge >= 0.3 is 0 Å². The average Bonchev–Trinajstić information content (AvgIpc) is 2.78. The zero-order valence-corrected chi connectivity index (χ0v) is 10.2. The maximum atomic E-state index is 5.69. The summed E-state index contributed by atoms with van der Waals surface area (Å²) in [7, 11) is 1.82. The van der Waals surface area contributed by atoms with Crippen LogP contribution >= 0.6 is 0 Å². The quantitative estimate of drug-likeness (QED) is 0.880. The fraction of sp³-hybridized carbons (Fsp3) is 0.333. The van der Waals surface area contributed by atoms with Gasteiger partial charge in [-0.1, -0.05) is 0 Å². The van der Waals surface area contributed by atoms with Crippen molar-refractivity contribution in [3.8, 4) is 11.5 Å². The minimum absolute atomic E-state index is 0.331. The Balaban J connectivity index is 2.13. The molecule has 0 saturated heterocycles. The van der Waals surface area contributed by atoms with E-state index in [2.05, 4.69) is 29.2 Å². The molecule has 0 atom stereocenters. The molecule has 2 heterocycles. The van der Waals surface area contributed by atoms with Crippen molar-refractivity contribution in [1.29, 1.82) is 0 Å². The Morgan fingerprint density at radius 2 is 2.18 bits per heavy atom. The van der Waals surface area contributed by atoms with Crippen LogP contribution in [0.3, 0.4) is 0 Å². The molecule has 2 aromatic rings. The highest BCUT2D eigenvalue weighted by atomic mass is 16.5. The molecule has 0 aromatic carbocycles.